The molecule has 0 aliphatic carbocycles. The number of carbonyl (C=O) groups excluding carboxylic acids is 1. The Bertz CT molecular complexity index is 114. The predicted octanol–water partition coefficient (Wildman–Crippen LogP) is 2.10. The standard InChI is InChI=1S/C8H12O/c1-3-4-5-6-8(2)7-9/h3,7H,1-2,4-6H2. The summed E-state index contributed by atoms with van der Waals surface area (Å²) in [5, 5.41) is 0. The highest BCUT2D eigenvalue weighted by Crippen LogP contribution is 2.01. The van der Waals surface area contributed by atoms with Crippen LogP contribution < -0.4 is 0 Å². The van der Waals surface area contributed by atoms with Crippen molar-refractivity contribution in [2.75, 3.05) is 0 Å². The number of hydrogen-bond acceptors (Lipinski definition) is 1. The van der Waals surface area contributed by atoms with Crippen LogP contribution in [0.5, 0.6) is 0 Å². The summed E-state index contributed by atoms with van der Waals surface area (Å²) in [7, 11) is 0. The van der Waals surface area contributed by atoms with Crippen LogP contribution in [-0.4, -0.2) is 6.29 Å². The minimum atomic E-state index is 0.678. The minimum absolute atomic E-state index is 0.678. The summed E-state index contributed by atoms with van der Waals surface area (Å²) in [6.07, 6.45) is 5.41. The lowest BCUT2D eigenvalue weighted by atomic mass is 10.1. The summed E-state index contributed by atoms with van der Waals surface area (Å²) in [6, 6.07) is 0. The molecule has 0 amide bonds. The third kappa shape index (κ3) is 5.01. The third-order valence-electron chi connectivity index (χ3n) is 1.07. The molecule has 1 nitrogen and oxygen atoms in total. The van der Waals surface area contributed by atoms with E-state index >= 15 is 0 Å². The van der Waals surface area contributed by atoms with E-state index in [2.05, 4.69) is 13.2 Å². The maximum Gasteiger partial charge on any atom is 0.145 e. The van der Waals surface area contributed by atoms with Gasteiger partial charge in [-0.2, -0.15) is 0 Å². The maximum atomic E-state index is 9.97. The van der Waals surface area contributed by atoms with Crippen LogP contribution in [0.3, 0.4) is 0 Å². The number of hydrogen-bond donors (Lipinski definition) is 0. The Kier molecular flexibility index (Phi) is 4.79. The third-order valence-corrected chi connectivity index (χ3v) is 1.07. The van der Waals surface area contributed by atoms with Gasteiger partial charge in [-0.1, -0.05) is 12.7 Å². The number of aldehydes is 1. The Morgan fingerprint density at radius 3 is 2.67 bits per heavy atom. The van der Waals surface area contributed by atoms with E-state index in [9.17, 15) is 4.79 Å². The lowest BCUT2D eigenvalue weighted by Crippen LogP contribution is -1.80. The van der Waals surface area contributed by atoms with Crippen LogP contribution in [0.1, 0.15) is 19.3 Å². The van der Waals surface area contributed by atoms with Crippen LogP contribution in [0.25, 0.3) is 0 Å². The van der Waals surface area contributed by atoms with Gasteiger partial charge >= 0.3 is 0 Å². The molecule has 0 bridgehead atoms. The Morgan fingerprint density at radius 1 is 1.56 bits per heavy atom. The van der Waals surface area contributed by atoms with Gasteiger partial charge in [-0.25, -0.2) is 0 Å². The van der Waals surface area contributed by atoms with Gasteiger partial charge in [0, 0.05) is 0 Å². The van der Waals surface area contributed by atoms with Crippen molar-refractivity contribution in [3.63, 3.8) is 0 Å². The van der Waals surface area contributed by atoms with Gasteiger partial charge < -0.3 is 0 Å². The molecule has 0 aromatic heterocycles. The van der Waals surface area contributed by atoms with Gasteiger partial charge in [-0.05, 0) is 24.8 Å². The zero-order chi connectivity index (χ0) is 7.11. The highest BCUT2D eigenvalue weighted by atomic mass is 16.1. The van der Waals surface area contributed by atoms with E-state index in [1.165, 1.54) is 0 Å². The van der Waals surface area contributed by atoms with Crippen LogP contribution in [0.4, 0.5) is 0 Å². The summed E-state index contributed by atoms with van der Waals surface area (Å²) in [5.74, 6) is 0. The van der Waals surface area contributed by atoms with Gasteiger partial charge in [0.1, 0.15) is 6.29 Å². The molecular weight excluding hydrogens is 112 g/mol. The second-order valence-corrected chi connectivity index (χ2v) is 1.96. The zero-order valence-electron chi connectivity index (χ0n) is 5.60. The molecule has 9 heavy (non-hydrogen) atoms. The monoisotopic (exact) mass is 124 g/mol. The highest BCUT2D eigenvalue weighted by Gasteiger charge is 1.88. The molecule has 0 aliphatic heterocycles. The van der Waals surface area contributed by atoms with Crippen molar-refractivity contribution in [2.24, 2.45) is 0 Å². The molecule has 0 rings (SSSR count). The predicted molar refractivity (Wildman–Crippen MR) is 39.3 cm³/mol. The summed E-state index contributed by atoms with van der Waals surface area (Å²) in [5.41, 5.74) is 0.678. The van der Waals surface area contributed by atoms with Gasteiger partial charge in [-0.15, -0.1) is 6.58 Å². The molecule has 0 atom stereocenters. The highest BCUT2D eigenvalue weighted by molar-refractivity contribution is 5.71. The van der Waals surface area contributed by atoms with Gasteiger partial charge in [0.05, 0.1) is 0 Å². The fraction of sp³-hybridized carbons (Fsp3) is 0.375. The quantitative estimate of drug-likeness (QED) is 0.237. The molecule has 0 N–H and O–H groups in total. The molecule has 0 radical (unpaired) electrons. The van der Waals surface area contributed by atoms with Crippen molar-refractivity contribution in [3.8, 4) is 0 Å². The van der Waals surface area contributed by atoms with Crippen molar-refractivity contribution in [1.29, 1.82) is 0 Å². The Labute approximate surface area is 56.1 Å². The molecule has 1 heteroatoms. The van der Waals surface area contributed by atoms with Crippen molar-refractivity contribution < 1.29 is 4.79 Å². The smallest absolute Gasteiger partial charge is 0.145 e. The lowest BCUT2D eigenvalue weighted by Gasteiger charge is -1.91. The van der Waals surface area contributed by atoms with Crippen molar-refractivity contribution in [1.82, 2.24) is 0 Å². The minimum Gasteiger partial charge on any atom is -0.298 e. The number of allylic oxidation sites excluding steroid dienone is 2. The first-order valence-corrected chi connectivity index (χ1v) is 3.05. The first-order valence-electron chi connectivity index (χ1n) is 3.05. The van der Waals surface area contributed by atoms with Gasteiger partial charge in [0.15, 0.2) is 0 Å². The van der Waals surface area contributed by atoms with Crippen LogP contribution in [0.15, 0.2) is 24.8 Å². The van der Waals surface area contributed by atoms with Gasteiger partial charge in [0.2, 0.25) is 0 Å². The molecule has 0 unspecified atom stereocenters. The Morgan fingerprint density at radius 2 is 2.22 bits per heavy atom. The average molecular weight is 124 g/mol. The molecule has 0 fully saturated rings. The van der Waals surface area contributed by atoms with Crippen LogP contribution >= 0.6 is 0 Å². The number of unbranched alkanes of at least 4 members (excludes halogenated alkanes) is 1. The van der Waals surface area contributed by atoms with Gasteiger partial charge in [0.25, 0.3) is 0 Å². The van der Waals surface area contributed by atoms with Crippen molar-refractivity contribution in [2.45, 2.75) is 19.3 Å². The van der Waals surface area contributed by atoms with E-state index in [-0.39, 0.29) is 0 Å². The largest absolute Gasteiger partial charge is 0.298 e. The summed E-state index contributed by atoms with van der Waals surface area (Å²) < 4.78 is 0. The first-order chi connectivity index (χ1) is 4.31. The normalized spacial score (nSPS) is 8.44. The topological polar surface area (TPSA) is 17.1 Å². The molecule has 0 spiro atoms. The summed E-state index contributed by atoms with van der Waals surface area (Å²) >= 11 is 0. The number of carbonyl (C=O) groups is 1. The second kappa shape index (κ2) is 5.29. The fourth-order valence-electron chi connectivity index (χ4n) is 0.532. The van der Waals surface area contributed by atoms with Crippen molar-refractivity contribution >= 4 is 6.29 Å². The molecule has 0 saturated heterocycles. The Hall–Kier alpha value is -0.850. The Balaban J connectivity index is 3.16. The van der Waals surface area contributed by atoms with E-state index in [4.69, 9.17) is 0 Å². The molecule has 0 aromatic carbocycles. The first kappa shape index (κ1) is 8.15. The molecule has 0 aliphatic rings. The average Bonchev–Trinajstić information content (AvgIpc) is 1.89. The zero-order valence-corrected chi connectivity index (χ0v) is 5.60. The van der Waals surface area contributed by atoms with Crippen molar-refractivity contribution in [3.05, 3.63) is 24.8 Å². The van der Waals surface area contributed by atoms with Crippen LogP contribution in [0, 0.1) is 0 Å². The van der Waals surface area contributed by atoms with Gasteiger partial charge in [-0.3, -0.25) is 4.79 Å². The number of rotatable bonds is 5. The molecule has 0 saturated carbocycles. The van der Waals surface area contributed by atoms with E-state index in [0.717, 1.165) is 25.5 Å². The van der Waals surface area contributed by atoms with Crippen LogP contribution in [-0.2, 0) is 4.79 Å². The second-order valence-electron chi connectivity index (χ2n) is 1.96. The maximum absolute atomic E-state index is 9.97. The molecule has 50 valence electrons. The molecule has 0 heterocycles. The SMILES string of the molecule is C=CCCCC(=C)C=O. The van der Waals surface area contributed by atoms with E-state index in [1.54, 1.807) is 0 Å². The summed E-state index contributed by atoms with van der Waals surface area (Å²) in [4.78, 5) is 9.97. The summed E-state index contributed by atoms with van der Waals surface area (Å²) in [6.45, 7) is 7.11. The molecule has 0 aromatic rings. The lowest BCUT2D eigenvalue weighted by molar-refractivity contribution is -0.105. The van der Waals surface area contributed by atoms with E-state index in [1.807, 2.05) is 6.08 Å². The molecular formula is C8H12O. The van der Waals surface area contributed by atoms with E-state index < -0.39 is 0 Å². The van der Waals surface area contributed by atoms with Crippen LogP contribution in [0.2, 0.25) is 0 Å². The fourth-order valence-corrected chi connectivity index (χ4v) is 0.532. The van der Waals surface area contributed by atoms with E-state index in [0.29, 0.717) is 5.57 Å².